The summed E-state index contributed by atoms with van der Waals surface area (Å²) in [6.07, 6.45) is 5.27. The Bertz CT molecular complexity index is 364. The van der Waals surface area contributed by atoms with E-state index in [4.69, 9.17) is 5.73 Å². The third kappa shape index (κ3) is 2.89. The minimum Gasteiger partial charge on any atom is -0.324 e. The first kappa shape index (κ1) is 13.1. The summed E-state index contributed by atoms with van der Waals surface area (Å²) >= 11 is 8.84. The summed E-state index contributed by atoms with van der Waals surface area (Å²) in [5.74, 6) is 1.49. The van der Waals surface area contributed by atoms with Gasteiger partial charge in [-0.25, -0.2) is 0 Å². The van der Waals surface area contributed by atoms with E-state index in [1.807, 2.05) is 0 Å². The van der Waals surface area contributed by atoms with Crippen LogP contribution in [0, 0.1) is 11.8 Å². The second kappa shape index (κ2) is 5.51. The van der Waals surface area contributed by atoms with Crippen molar-refractivity contribution < 1.29 is 0 Å². The van der Waals surface area contributed by atoms with Crippen LogP contribution in [0.1, 0.15) is 44.2 Å². The quantitative estimate of drug-likeness (QED) is 0.774. The standard InChI is InChI=1S/C12H17Br2NS/c1-7-3-2-4-8(5-7)11(15)9-6-10(13)16-12(9)14/h6-8,11H,2-5,15H2,1H3. The van der Waals surface area contributed by atoms with Gasteiger partial charge in [0.15, 0.2) is 0 Å². The fourth-order valence-electron chi connectivity index (χ4n) is 2.64. The molecule has 0 spiro atoms. The van der Waals surface area contributed by atoms with Crippen LogP contribution in [0.25, 0.3) is 0 Å². The van der Waals surface area contributed by atoms with Crippen molar-refractivity contribution in [1.82, 2.24) is 0 Å². The van der Waals surface area contributed by atoms with E-state index >= 15 is 0 Å². The van der Waals surface area contributed by atoms with Crippen molar-refractivity contribution in [2.75, 3.05) is 0 Å². The second-order valence-electron chi connectivity index (χ2n) is 4.84. The third-order valence-electron chi connectivity index (χ3n) is 3.53. The van der Waals surface area contributed by atoms with Gasteiger partial charge in [-0.1, -0.05) is 19.8 Å². The molecule has 3 atom stereocenters. The van der Waals surface area contributed by atoms with Crippen LogP contribution >= 0.6 is 43.2 Å². The number of thiophene rings is 1. The summed E-state index contributed by atoms with van der Waals surface area (Å²) in [5, 5.41) is 0. The predicted molar refractivity (Wildman–Crippen MR) is 77.8 cm³/mol. The van der Waals surface area contributed by atoms with Gasteiger partial charge in [0.1, 0.15) is 0 Å². The Labute approximate surface area is 118 Å². The Hall–Kier alpha value is 0.620. The fraction of sp³-hybridized carbons (Fsp3) is 0.667. The lowest BCUT2D eigenvalue weighted by Crippen LogP contribution is -2.26. The molecule has 2 rings (SSSR count). The number of hydrogen-bond donors (Lipinski definition) is 1. The van der Waals surface area contributed by atoms with E-state index in [2.05, 4.69) is 44.8 Å². The molecule has 1 aromatic rings. The van der Waals surface area contributed by atoms with Crippen molar-refractivity contribution in [2.45, 2.75) is 38.6 Å². The number of rotatable bonds is 2. The number of nitrogens with two attached hydrogens (primary N) is 1. The summed E-state index contributed by atoms with van der Waals surface area (Å²) in [6.45, 7) is 2.34. The SMILES string of the molecule is CC1CCCC(C(N)c2cc(Br)sc2Br)C1. The van der Waals surface area contributed by atoms with Crippen LogP contribution < -0.4 is 5.73 Å². The Kier molecular flexibility index (Phi) is 4.50. The summed E-state index contributed by atoms with van der Waals surface area (Å²) in [7, 11) is 0. The molecule has 1 aliphatic carbocycles. The molecule has 1 aromatic heterocycles. The number of halogens is 2. The van der Waals surface area contributed by atoms with Gasteiger partial charge in [0.05, 0.1) is 7.57 Å². The highest BCUT2D eigenvalue weighted by atomic mass is 79.9. The zero-order chi connectivity index (χ0) is 11.7. The molecular formula is C12H17Br2NS. The monoisotopic (exact) mass is 365 g/mol. The lowest BCUT2D eigenvalue weighted by molar-refractivity contribution is 0.248. The van der Waals surface area contributed by atoms with Crippen molar-refractivity contribution in [1.29, 1.82) is 0 Å². The van der Waals surface area contributed by atoms with E-state index in [-0.39, 0.29) is 6.04 Å². The molecule has 0 bridgehead atoms. The van der Waals surface area contributed by atoms with E-state index in [9.17, 15) is 0 Å². The third-order valence-corrected chi connectivity index (χ3v) is 5.91. The summed E-state index contributed by atoms with van der Waals surface area (Å²) in [6, 6.07) is 2.36. The topological polar surface area (TPSA) is 26.0 Å². The van der Waals surface area contributed by atoms with Crippen molar-refractivity contribution >= 4 is 43.2 Å². The molecule has 90 valence electrons. The molecule has 0 aliphatic heterocycles. The van der Waals surface area contributed by atoms with E-state index in [1.165, 1.54) is 35.0 Å². The maximum Gasteiger partial charge on any atom is 0.0758 e. The van der Waals surface area contributed by atoms with Gasteiger partial charge in [0.25, 0.3) is 0 Å². The smallest absolute Gasteiger partial charge is 0.0758 e. The van der Waals surface area contributed by atoms with Crippen molar-refractivity contribution in [3.05, 3.63) is 19.2 Å². The van der Waals surface area contributed by atoms with E-state index in [0.29, 0.717) is 5.92 Å². The molecule has 1 aliphatic rings. The molecule has 0 aromatic carbocycles. The molecule has 0 saturated heterocycles. The Balaban J connectivity index is 2.11. The normalized spacial score (nSPS) is 28.0. The highest BCUT2D eigenvalue weighted by Crippen LogP contribution is 2.41. The lowest BCUT2D eigenvalue weighted by atomic mass is 9.77. The van der Waals surface area contributed by atoms with Gasteiger partial charge in [-0.2, -0.15) is 0 Å². The van der Waals surface area contributed by atoms with Crippen LogP contribution in [0.2, 0.25) is 0 Å². The number of hydrogen-bond acceptors (Lipinski definition) is 2. The molecule has 0 amide bonds. The molecule has 2 N–H and O–H groups in total. The first-order valence-corrected chi connectivity index (χ1v) is 8.18. The summed E-state index contributed by atoms with van der Waals surface area (Å²) in [5.41, 5.74) is 7.68. The first-order valence-electron chi connectivity index (χ1n) is 5.78. The zero-order valence-electron chi connectivity index (χ0n) is 9.38. The van der Waals surface area contributed by atoms with Crippen LogP contribution in [0.5, 0.6) is 0 Å². The van der Waals surface area contributed by atoms with E-state index in [1.54, 1.807) is 11.3 Å². The van der Waals surface area contributed by atoms with Gasteiger partial charge < -0.3 is 5.73 Å². The summed E-state index contributed by atoms with van der Waals surface area (Å²) in [4.78, 5) is 0. The van der Waals surface area contributed by atoms with Gasteiger partial charge >= 0.3 is 0 Å². The van der Waals surface area contributed by atoms with Gasteiger partial charge in [0, 0.05) is 6.04 Å². The molecule has 1 nitrogen and oxygen atoms in total. The lowest BCUT2D eigenvalue weighted by Gasteiger charge is -2.31. The largest absolute Gasteiger partial charge is 0.324 e. The van der Waals surface area contributed by atoms with Crippen LogP contribution in [-0.4, -0.2) is 0 Å². The summed E-state index contributed by atoms with van der Waals surface area (Å²) < 4.78 is 2.35. The Morgan fingerprint density at radius 3 is 2.75 bits per heavy atom. The highest BCUT2D eigenvalue weighted by molar-refractivity contribution is 9.12. The molecule has 16 heavy (non-hydrogen) atoms. The highest BCUT2D eigenvalue weighted by Gasteiger charge is 2.27. The Morgan fingerprint density at radius 1 is 1.44 bits per heavy atom. The van der Waals surface area contributed by atoms with Crippen LogP contribution in [0.4, 0.5) is 0 Å². The predicted octanol–water partition coefficient (Wildman–Crippen LogP) is 5.10. The van der Waals surface area contributed by atoms with Crippen molar-refractivity contribution in [3.8, 4) is 0 Å². The van der Waals surface area contributed by atoms with Gasteiger partial charge in [-0.3, -0.25) is 0 Å². The molecule has 3 unspecified atom stereocenters. The molecule has 4 heteroatoms. The Morgan fingerprint density at radius 2 is 2.19 bits per heavy atom. The average Bonchev–Trinajstić information content (AvgIpc) is 2.57. The maximum atomic E-state index is 6.40. The van der Waals surface area contributed by atoms with E-state index in [0.717, 1.165) is 9.70 Å². The average molecular weight is 367 g/mol. The van der Waals surface area contributed by atoms with Crippen LogP contribution in [0.3, 0.4) is 0 Å². The van der Waals surface area contributed by atoms with Crippen molar-refractivity contribution in [2.24, 2.45) is 17.6 Å². The zero-order valence-corrected chi connectivity index (χ0v) is 13.4. The fourth-order valence-corrected chi connectivity index (χ4v) is 5.60. The van der Waals surface area contributed by atoms with Crippen LogP contribution in [-0.2, 0) is 0 Å². The molecule has 1 fully saturated rings. The molecule has 1 heterocycles. The van der Waals surface area contributed by atoms with Gasteiger partial charge in [0.2, 0.25) is 0 Å². The minimum atomic E-state index is 0.194. The minimum absolute atomic E-state index is 0.194. The maximum absolute atomic E-state index is 6.40. The van der Waals surface area contributed by atoms with Gasteiger partial charge in [-0.05, 0) is 68.2 Å². The van der Waals surface area contributed by atoms with Crippen molar-refractivity contribution in [3.63, 3.8) is 0 Å². The van der Waals surface area contributed by atoms with Crippen LogP contribution in [0.15, 0.2) is 13.6 Å². The van der Waals surface area contributed by atoms with E-state index < -0.39 is 0 Å². The molecule has 1 saturated carbocycles. The molecular weight excluding hydrogens is 350 g/mol. The molecule has 0 radical (unpaired) electrons. The second-order valence-corrected chi connectivity index (χ2v) is 8.59. The van der Waals surface area contributed by atoms with Gasteiger partial charge in [-0.15, -0.1) is 11.3 Å². The first-order chi connectivity index (χ1) is 7.58.